The van der Waals surface area contributed by atoms with Crippen LogP contribution in [-0.2, 0) is 0 Å². The minimum absolute atomic E-state index is 0.326. The summed E-state index contributed by atoms with van der Waals surface area (Å²) < 4.78 is 0. The topological polar surface area (TPSA) is 68.0 Å². The van der Waals surface area contributed by atoms with Crippen molar-refractivity contribution in [2.45, 2.75) is 32.6 Å². The Morgan fingerprint density at radius 1 is 1.53 bits per heavy atom. The minimum atomic E-state index is -0.433. The second-order valence-corrected chi connectivity index (χ2v) is 5.14. The Balaban J connectivity index is 2.06. The summed E-state index contributed by atoms with van der Waals surface area (Å²) in [7, 11) is 0. The molecule has 4 nitrogen and oxygen atoms in total. The van der Waals surface area contributed by atoms with Crippen LogP contribution in [0.2, 0.25) is 0 Å². The van der Waals surface area contributed by atoms with Crippen LogP contribution in [0.25, 0.3) is 0 Å². The summed E-state index contributed by atoms with van der Waals surface area (Å²) >= 11 is 0. The second kappa shape index (κ2) is 4.73. The molecule has 1 aliphatic carbocycles. The molecule has 4 heteroatoms. The molecule has 1 aliphatic rings. The fraction of sp³-hybridized carbons (Fsp3) is 0.538. The van der Waals surface area contributed by atoms with Crippen LogP contribution in [0.5, 0.6) is 0 Å². The van der Waals surface area contributed by atoms with Crippen LogP contribution in [0.1, 0.15) is 43.0 Å². The number of carbonyl (C=O) groups is 1. The summed E-state index contributed by atoms with van der Waals surface area (Å²) in [5.41, 5.74) is 6.10. The van der Waals surface area contributed by atoms with Crippen LogP contribution >= 0.6 is 0 Å². The summed E-state index contributed by atoms with van der Waals surface area (Å²) in [6, 6.07) is 3.43. The lowest BCUT2D eigenvalue weighted by atomic mass is 9.89. The van der Waals surface area contributed by atoms with Crippen molar-refractivity contribution in [1.29, 1.82) is 0 Å². The van der Waals surface area contributed by atoms with Crippen molar-refractivity contribution < 1.29 is 4.79 Å². The standard InChI is InChI=1S/C13H19N3O/c1-13(6-2-3-7-13)9-16-12-10(11(14)17)5-4-8-15-12/h4-5,8H,2-3,6-7,9H2,1H3,(H2,14,17)(H,15,16). The zero-order chi connectivity index (χ0) is 12.3. The van der Waals surface area contributed by atoms with E-state index >= 15 is 0 Å². The molecule has 0 saturated heterocycles. The van der Waals surface area contributed by atoms with E-state index in [9.17, 15) is 4.79 Å². The molecule has 1 heterocycles. The van der Waals surface area contributed by atoms with Crippen LogP contribution in [0.4, 0.5) is 5.82 Å². The van der Waals surface area contributed by atoms with Gasteiger partial charge in [-0.1, -0.05) is 19.8 Å². The number of rotatable bonds is 4. The zero-order valence-corrected chi connectivity index (χ0v) is 10.2. The Kier molecular flexibility index (Phi) is 3.31. The van der Waals surface area contributed by atoms with Crippen molar-refractivity contribution in [1.82, 2.24) is 4.98 Å². The lowest BCUT2D eigenvalue weighted by Gasteiger charge is -2.24. The fourth-order valence-corrected chi connectivity index (χ4v) is 2.45. The van der Waals surface area contributed by atoms with Gasteiger partial charge in [0, 0.05) is 12.7 Å². The third-order valence-electron chi connectivity index (χ3n) is 3.57. The Morgan fingerprint density at radius 3 is 2.88 bits per heavy atom. The molecule has 0 spiro atoms. The fourth-order valence-electron chi connectivity index (χ4n) is 2.45. The third-order valence-corrected chi connectivity index (χ3v) is 3.57. The van der Waals surface area contributed by atoms with Gasteiger partial charge in [0.1, 0.15) is 5.82 Å². The number of carbonyl (C=O) groups excluding carboxylic acids is 1. The maximum Gasteiger partial charge on any atom is 0.252 e. The van der Waals surface area contributed by atoms with E-state index in [1.807, 2.05) is 0 Å². The van der Waals surface area contributed by atoms with E-state index in [1.165, 1.54) is 25.7 Å². The molecule has 1 aromatic heterocycles. The highest BCUT2D eigenvalue weighted by Crippen LogP contribution is 2.37. The first-order chi connectivity index (χ1) is 8.11. The van der Waals surface area contributed by atoms with Gasteiger partial charge in [0.25, 0.3) is 5.91 Å². The number of nitrogens with one attached hydrogen (secondary N) is 1. The normalized spacial score (nSPS) is 17.9. The SMILES string of the molecule is CC1(CNc2ncccc2C(N)=O)CCCC1. The van der Waals surface area contributed by atoms with E-state index < -0.39 is 5.91 Å². The van der Waals surface area contributed by atoms with Gasteiger partial charge in [-0.05, 0) is 30.4 Å². The van der Waals surface area contributed by atoms with E-state index in [4.69, 9.17) is 5.73 Å². The van der Waals surface area contributed by atoms with Crippen LogP contribution in [0, 0.1) is 5.41 Å². The van der Waals surface area contributed by atoms with Gasteiger partial charge in [0.15, 0.2) is 0 Å². The molecule has 1 aromatic rings. The molecule has 1 saturated carbocycles. The van der Waals surface area contributed by atoms with E-state index in [0.29, 0.717) is 16.8 Å². The lowest BCUT2D eigenvalue weighted by Crippen LogP contribution is -2.25. The van der Waals surface area contributed by atoms with Crippen molar-refractivity contribution in [2.24, 2.45) is 11.1 Å². The number of aromatic nitrogens is 1. The van der Waals surface area contributed by atoms with Gasteiger partial charge in [-0.2, -0.15) is 0 Å². The molecule has 2 rings (SSSR count). The van der Waals surface area contributed by atoms with Crippen LogP contribution in [0.15, 0.2) is 18.3 Å². The number of anilines is 1. The molecule has 0 aromatic carbocycles. The molecule has 0 bridgehead atoms. The summed E-state index contributed by atoms with van der Waals surface area (Å²) in [5, 5.41) is 3.27. The van der Waals surface area contributed by atoms with Gasteiger partial charge in [0.05, 0.1) is 5.56 Å². The van der Waals surface area contributed by atoms with Crippen LogP contribution in [-0.4, -0.2) is 17.4 Å². The van der Waals surface area contributed by atoms with Gasteiger partial charge in [-0.3, -0.25) is 4.79 Å². The molecule has 0 unspecified atom stereocenters. The van der Waals surface area contributed by atoms with Gasteiger partial charge < -0.3 is 11.1 Å². The Labute approximate surface area is 102 Å². The maximum atomic E-state index is 11.2. The highest BCUT2D eigenvalue weighted by molar-refractivity contribution is 5.97. The molecule has 0 radical (unpaired) electrons. The highest BCUT2D eigenvalue weighted by atomic mass is 16.1. The van der Waals surface area contributed by atoms with Crippen molar-refractivity contribution in [3.63, 3.8) is 0 Å². The summed E-state index contributed by atoms with van der Waals surface area (Å²) in [5.74, 6) is 0.172. The van der Waals surface area contributed by atoms with Crippen molar-refractivity contribution in [2.75, 3.05) is 11.9 Å². The largest absolute Gasteiger partial charge is 0.369 e. The van der Waals surface area contributed by atoms with Gasteiger partial charge in [-0.25, -0.2) is 4.98 Å². The Bertz CT molecular complexity index is 411. The molecule has 17 heavy (non-hydrogen) atoms. The van der Waals surface area contributed by atoms with Gasteiger partial charge in [0.2, 0.25) is 0 Å². The first-order valence-corrected chi connectivity index (χ1v) is 6.09. The number of hydrogen-bond donors (Lipinski definition) is 2. The second-order valence-electron chi connectivity index (χ2n) is 5.14. The number of amides is 1. The van der Waals surface area contributed by atoms with Gasteiger partial charge in [-0.15, -0.1) is 0 Å². The average Bonchev–Trinajstić information content (AvgIpc) is 2.74. The Morgan fingerprint density at radius 2 is 2.24 bits per heavy atom. The van der Waals surface area contributed by atoms with E-state index in [1.54, 1.807) is 18.3 Å². The van der Waals surface area contributed by atoms with Gasteiger partial charge >= 0.3 is 0 Å². The van der Waals surface area contributed by atoms with Crippen LogP contribution < -0.4 is 11.1 Å². The first-order valence-electron chi connectivity index (χ1n) is 6.09. The summed E-state index contributed by atoms with van der Waals surface area (Å²) in [6.07, 6.45) is 6.73. The van der Waals surface area contributed by atoms with E-state index in [2.05, 4.69) is 17.2 Å². The zero-order valence-electron chi connectivity index (χ0n) is 10.2. The minimum Gasteiger partial charge on any atom is -0.369 e. The molecular weight excluding hydrogens is 214 g/mol. The van der Waals surface area contributed by atoms with Crippen molar-refractivity contribution >= 4 is 11.7 Å². The number of nitrogens with two attached hydrogens (primary N) is 1. The molecule has 92 valence electrons. The molecule has 0 atom stereocenters. The predicted octanol–water partition coefficient (Wildman–Crippen LogP) is 2.17. The first kappa shape index (κ1) is 11.9. The smallest absolute Gasteiger partial charge is 0.252 e. The number of primary amides is 1. The third kappa shape index (κ3) is 2.75. The van der Waals surface area contributed by atoms with Crippen LogP contribution in [0.3, 0.4) is 0 Å². The molecule has 1 fully saturated rings. The lowest BCUT2D eigenvalue weighted by molar-refractivity contribution is 0.100. The molecule has 0 aliphatic heterocycles. The molecule has 1 amide bonds. The monoisotopic (exact) mass is 233 g/mol. The maximum absolute atomic E-state index is 11.2. The summed E-state index contributed by atoms with van der Waals surface area (Å²) in [6.45, 7) is 3.13. The molecular formula is C13H19N3O. The number of hydrogen-bond acceptors (Lipinski definition) is 3. The summed E-state index contributed by atoms with van der Waals surface area (Å²) in [4.78, 5) is 15.4. The highest BCUT2D eigenvalue weighted by Gasteiger charge is 2.28. The van der Waals surface area contributed by atoms with Crippen molar-refractivity contribution in [3.05, 3.63) is 23.9 Å². The van der Waals surface area contributed by atoms with E-state index in [-0.39, 0.29) is 0 Å². The average molecular weight is 233 g/mol. The van der Waals surface area contributed by atoms with E-state index in [0.717, 1.165) is 6.54 Å². The molecule has 3 N–H and O–H groups in total. The Hall–Kier alpha value is -1.58. The quantitative estimate of drug-likeness (QED) is 0.837. The number of nitrogens with zero attached hydrogens (tertiary/aromatic N) is 1. The predicted molar refractivity (Wildman–Crippen MR) is 67.8 cm³/mol. The number of pyridine rings is 1. The van der Waals surface area contributed by atoms with Crippen molar-refractivity contribution in [3.8, 4) is 0 Å².